The number of aromatic nitrogens is 3. The maximum Gasteiger partial charge on any atom is 0.235 e. The van der Waals surface area contributed by atoms with Gasteiger partial charge in [0.05, 0.1) is 28.7 Å². The monoisotopic (exact) mass is 441 g/mol. The number of piperidine rings is 1. The van der Waals surface area contributed by atoms with Crippen molar-refractivity contribution in [2.75, 3.05) is 24.2 Å². The quantitative estimate of drug-likeness (QED) is 0.656. The van der Waals surface area contributed by atoms with Gasteiger partial charge in [-0.3, -0.25) is 9.48 Å². The Labute approximate surface area is 182 Å². The Bertz CT molecular complexity index is 1210. The predicted octanol–water partition coefficient (Wildman–Crippen LogP) is 2.60. The van der Waals surface area contributed by atoms with Gasteiger partial charge < -0.3 is 5.32 Å². The molecule has 0 unspecified atom stereocenters. The van der Waals surface area contributed by atoms with E-state index in [4.69, 9.17) is 0 Å². The standard InChI is InChI=1S/C22H27N5O3S/c1-4-31(29,30)27-12-10-22(11-13-27,17-8-6-5-7-9-17)21(28)24-18-14-19-16(2)25-26(3)20(19)23-15-18/h5-9,14-15H,4,10-13H2,1-3H3,(H,24,28). The van der Waals surface area contributed by atoms with Gasteiger partial charge in [0, 0.05) is 25.5 Å². The van der Waals surface area contributed by atoms with Crippen molar-refractivity contribution in [3.05, 3.63) is 53.9 Å². The van der Waals surface area contributed by atoms with Gasteiger partial charge in [0.15, 0.2) is 5.65 Å². The van der Waals surface area contributed by atoms with Crippen LogP contribution in [0.1, 0.15) is 31.0 Å². The first kappa shape index (κ1) is 21.5. The minimum atomic E-state index is -3.28. The maximum absolute atomic E-state index is 13.6. The topological polar surface area (TPSA) is 97.2 Å². The average molecular weight is 442 g/mol. The third kappa shape index (κ3) is 3.83. The first-order valence-electron chi connectivity index (χ1n) is 10.4. The van der Waals surface area contributed by atoms with Crippen molar-refractivity contribution < 1.29 is 13.2 Å². The van der Waals surface area contributed by atoms with E-state index in [1.54, 1.807) is 17.8 Å². The summed E-state index contributed by atoms with van der Waals surface area (Å²) >= 11 is 0. The Morgan fingerprint density at radius 1 is 1.19 bits per heavy atom. The van der Waals surface area contributed by atoms with Crippen molar-refractivity contribution in [2.24, 2.45) is 7.05 Å². The molecule has 3 heterocycles. The highest BCUT2D eigenvalue weighted by molar-refractivity contribution is 7.89. The molecular formula is C22H27N5O3S. The van der Waals surface area contributed by atoms with Gasteiger partial charge in [0.2, 0.25) is 15.9 Å². The highest BCUT2D eigenvalue weighted by Gasteiger charge is 2.44. The van der Waals surface area contributed by atoms with Crippen LogP contribution in [0.2, 0.25) is 0 Å². The lowest BCUT2D eigenvalue weighted by Crippen LogP contribution is -2.51. The molecule has 8 nitrogen and oxygen atoms in total. The van der Waals surface area contributed by atoms with Crippen molar-refractivity contribution in [2.45, 2.75) is 32.1 Å². The number of benzene rings is 1. The number of sulfonamides is 1. The van der Waals surface area contributed by atoms with Crippen LogP contribution in [0.25, 0.3) is 11.0 Å². The number of nitrogens with zero attached hydrogens (tertiary/aromatic N) is 4. The van der Waals surface area contributed by atoms with E-state index in [-0.39, 0.29) is 11.7 Å². The lowest BCUT2D eigenvalue weighted by atomic mass is 9.72. The average Bonchev–Trinajstić information content (AvgIpc) is 3.07. The molecule has 0 atom stereocenters. The van der Waals surface area contributed by atoms with E-state index in [0.29, 0.717) is 31.6 Å². The molecule has 1 amide bonds. The zero-order valence-corrected chi connectivity index (χ0v) is 18.8. The lowest BCUT2D eigenvalue weighted by molar-refractivity contribution is -0.123. The largest absolute Gasteiger partial charge is 0.324 e. The molecule has 2 aromatic heterocycles. The molecule has 0 aliphatic carbocycles. The summed E-state index contributed by atoms with van der Waals surface area (Å²) in [5.41, 5.74) is 2.29. The highest BCUT2D eigenvalue weighted by atomic mass is 32.2. The number of carbonyl (C=O) groups is 1. The number of anilines is 1. The van der Waals surface area contributed by atoms with E-state index in [9.17, 15) is 13.2 Å². The number of hydrogen-bond acceptors (Lipinski definition) is 5. The molecule has 0 bridgehead atoms. The van der Waals surface area contributed by atoms with Gasteiger partial charge >= 0.3 is 0 Å². The number of nitrogens with one attached hydrogen (secondary N) is 1. The molecule has 9 heteroatoms. The number of carbonyl (C=O) groups excluding carboxylic acids is 1. The van der Waals surface area contributed by atoms with Crippen LogP contribution in [0.3, 0.4) is 0 Å². The normalized spacial score (nSPS) is 17.0. The van der Waals surface area contributed by atoms with Crippen molar-refractivity contribution in [1.29, 1.82) is 0 Å². The van der Waals surface area contributed by atoms with E-state index in [2.05, 4.69) is 15.4 Å². The molecule has 164 valence electrons. The smallest absolute Gasteiger partial charge is 0.235 e. The zero-order chi connectivity index (χ0) is 22.2. The second-order valence-corrected chi connectivity index (χ2v) is 10.3. The fourth-order valence-electron chi connectivity index (χ4n) is 4.36. The summed E-state index contributed by atoms with van der Waals surface area (Å²) < 4.78 is 27.9. The summed E-state index contributed by atoms with van der Waals surface area (Å²) in [6.45, 7) is 4.19. The zero-order valence-electron chi connectivity index (χ0n) is 18.0. The summed E-state index contributed by atoms with van der Waals surface area (Å²) in [7, 11) is -1.45. The SMILES string of the molecule is CCS(=O)(=O)N1CCC(C(=O)Nc2cnc3c(c2)c(C)nn3C)(c2ccccc2)CC1. The molecule has 1 aliphatic rings. The second kappa shape index (κ2) is 8.05. The van der Waals surface area contributed by atoms with Crippen LogP contribution < -0.4 is 5.32 Å². The molecule has 1 aliphatic heterocycles. The van der Waals surface area contributed by atoms with Crippen molar-refractivity contribution in [1.82, 2.24) is 19.1 Å². The Hall–Kier alpha value is -2.78. The molecule has 4 rings (SSSR count). The van der Waals surface area contributed by atoms with Gasteiger partial charge in [-0.1, -0.05) is 30.3 Å². The Balaban J connectivity index is 1.65. The first-order chi connectivity index (χ1) is 14.8. The lowest BCUT2D eigenvalue weighted by Gasteiger charge is -2.40. The summed E-state index contributed by atoms with van der Waals surface area (Å²) in [5, 5.41) is 8.31. The molecule has 1 saturated heterocycles. The van der Waals surface area contributed by atoms with Gasteiger partial charge in [-0.05, 0) is 38.3 Å². The van der Waals surface area contributed by atoms with E-state index in [0.717, 1.165) is 22.3 Å². The number of hydrogen-bond donors (Lipinski definition) is 1. The molecule has 1 fully saturated rings. The van der Waals surface area contributed by atoms with Gasteiger partial charge in [-0.25, -0.2) is 17.7 Å². The molecule has 1 aromatic carbocycles. The van der Waals surface area contributed by atoms with Crippen molar-refractivity contribution >= 4 is 32.7 Å². The molecule has 0 spiro atoms. The number of aryl methyl sites for hydroxylation is 2. The van der Waals surface area contributed by atoms with Crippen molar-refractivity contribution in [3.63, 3.8) is 0 Å². The Morgan fingerprint density at radius 2 is 1.87 bits per heavy atom. The summed E-state index contributed by atoms with van der Waals surface area (Å²) in [4.78, 5) is 18.1. The van der Waals surface area contributed by atoms with E-state index in [1.807, 2.05) is 50.4 Å². The molecule has 31 heavy (non-hydrogen) atoms. The summed E-state index contributed by atoms with van der Waals surface area (Å²) in [5.74, 6) is -0.0804. The van der Waals surface area contributed by atoms with Gasteiger partial charge in [-0.2, -0.15) is 5.10 Å². The van der Waals surface area contributed by atoms with Gasteiger partial charge in [0.25, 0.3) is 0 Å². The van der Waals surface area contributed by atoms with E-state index >= 15 is 0 Å². The van der Waals surface area contributed by atoms with Gasteiger partial charge in [-0.15, -0.1) is 0 Å². The Morgan fingerprint density at radius 3 is 2.52 bits per heavy atom. The fraction of sp³-hybridized carbons (Fsp3) is 0.409. The highest BCUT2D eigenvalue weighted by Crippen LogP contribution is 2.37. The predicted molar refractivity (Wildman–Crippen MR) is 120 cm³/mol. The summed E-state index contributed by atoms with van der Waals surface area (Å²) in [6, 6.07) is 11.5. The molecule has 3 aromatic rings. The van der Waals surface area contributed by atoms with Crippen LogP contribution >= 0.6 is 0 Å². The minimum Gasteiger partial charge on any atom is -0.324 e. The van der Waals surface area contributed by atoms with Crippen LogP contribution in [-0.4, -0.2) is 52.2 Å². The molecule has 0 saturated carbocycles. The number of amides is 1. The van der Waals surface area contributed by atoms with Gasteiger partial charge in [0.1, 0.15) is 0 Å². The molecular weight excluding hydrogens is 414 g/mol. The first-order valence-corrected chi connectivity index (χ1v) is 12.0. The molecule has 1 N–H and O–H groups in total. The third-order valence-electron chi connectivity index (χ3n) is 6.22. The Kier molecular flexibility index (Phi) is 5.57. The van der Waals surface area contributed by atoms with Crippen LogP contribution in [0.5, 0.6) is 0 Å². The number of rotatable bonds is 5. The third-order valence-corrected chi connectivity index (χ3v) is 8.10. The maximum atomic E-state index is 13.6. The van der Waals surface area contributed by atoms with Crippen LogP contribution in [-0.2, 0) is 27.3 Å². The number of fused-ring (bicyclic) bond motifs is 1. The minimum absolute atomic E-state index is 0.0632. The van der Waals surface area contributed by atoms with Crippen LogP contribution in [0.4, 0.5) is 5.69 Å². The number of pyridine rings is 1. The summed E-state index contributed by atoms with van der Waals surface area (Å²) in [6.07, 6.45) is 2.48. The fourth-order valence-corrected chi connectivity index (χ4v) is 5.46. The van der Waals surface area contributed by atoms with E-state index in [1.165, 1.54) is 4.31 Å². The second-order valence-electron chi connectivity index (χ2n) is 8.01. The van der Waals surface area contributed by atoms with Crippen LogP contribution in [0, 0.1) is 6.92 Å². The molecule has 0 radical (unpaired) electrons. The van der Waals surface area contributed by atoms with Crippen LogP contribution in [0.15, 0.2) is 42.6 Å². The van der Waals surface area contributed by atoms with Crippen molar-refractivity contribution in [3.8, 4) is 0 Å². The van der Waals surface area contributed by atoms with E-state index < -0.39 is 15.4 Å².